The van der Waals surface area contributed by atoms with Gasteiger partial charge in [-0.2, -0.15) is 5.10 Å². The lowest BCUT2D eigenvalue weighted by Crippen LogP contribution is -2.19. The predicted octanol–water partition coefficient (Wildman–Crippen LogP) is 3.79. The van der Waals surface area contributed by atoms with Gasteiger partial charge in [-0.3, -0.25) is 4.79 Å². The van der Waals surface area contributed by atoms with Crippen LogP contribution in [0.4, 0.5) is 0 Å². The maximum atomic E-state index is 12.6. The molecule has 1 aromatic heterocycles. The van der Waals surface area contributed by atoms with E-state index >= 15 is 0 Å². The number of benzene rings is 2. The van der Waals surface area contributed by atoms with E-state index in [1.165, 1.54) is 31.4 Å². The van der Waals surface area contributed by atoms with E-state index in [0.717, 1.165) is 17.6 Å². The molecule has 33 heavy (non-hydrogen) atoms. The molecule has 0 atom stereocenters. The smallest absolute Gasteiger partial charge is 0.339 e. The Morgan fingerprint density at radius 3 is 2.21 bits per heavy atom. The van der Waals surface area contributed by atoms with Crippen molar-refractivity contribution in [3.63, 3.8) is 0 Å². The number of hydrogen-bond acceptors (Lipinski definition) is 7. The minimum atomic E-state index is -0.684. The SMILES string of the molecule is CC.COC(=O)c1ccc(C(=O)N/N=C/c2ccc(O)c(O)c2O)cc1-n1c(C)ccc1C. The number of phenolic OH excluding ortho intramolecular Hbond substituents is 3. The molecule has 9 nitrogen and oxygen atoms in total. The second-order valence-electron chi connectivity index (χ2n) is 6.75. The number of hydrazone groups is 1. The normalized spacial score (nSPS) is 10.5. The molecule has 0 radical (unpaired) electrons. The number of esters is 1. The van der Waals surface area contributed by atoms with Gasteiger partial charge in [-0.25, -0.2) is 10.2 Å². The molecule has 4 N–H and O–H groups in total. The van der Waals surface area contributed by atoms with Crippen molar-refractivity contribution in [1.82, 2.24) is 9.99 Å². The van der Waals surface area contributed by atoms with Gasteiger partial charge in [0.15, 0.2) is 11.5 Å². The van der Waals surface area contributed by atoms with Gasteiger partial charge >= 0.3 is 5.97 Å². The summed E-state index contributed by atoms with van der Waals surface area (Å²) in [6, 6.07) is 10.8. The summed E-state index contributed by atoms with van der Waals surface area (Å²) >= 11 is 0. The van der Waals surface area contributed by atoms with Crippen molar-refractivity contribution in [3.05, 3.63) is 70.5 Å². The lowest BCUT2D eigenvalue weighted by Gasteiger charge is -2.15. The first-order chi connectivity index (χ1) is 15.7. The Morgan fingerprint density at radius 2 is 1.61 bits per heavy atom. The number of rotatable bonds is 5. The number of carbonyl (C=O) groups is 2. The number of nitrogens with zero attached hydrogens (tertiary/aromatic N) is 2. The van der Waals surface area contributed by atoms with Gasteiger partial charge in [-0.1, -0.05) is 13.8 Å². The van der Waals surface area contributed by atoms with Crippen LogP contribution in [0.1, 0.15) is 51.5 Å². The van der Waals surface area contributed by atoms with Crippen LogP contribution in [0.5, 0.6) is 17.2 Å². The molecule has 0 fully saturated rings. The third-order valence-corrected chi connectivity index (χ3v) is 4.71. The van der Waals surface area contributed by atoms with E-state index in [-0.39, 0.29) is 11.1 Å². The van der Waals surface area contributed by atoms with E-state index in [9.17, 15) is 24.9 Å². The first-order valence-corrected chi connectivity index (χ1v) is 10.2. The van der Waals surface area contributed by atoms with Crippen LogP contribution in [0, 0.1) is 13.8 Å². The maximum absolute atomic E-state index is 12.6. The zero-order valence-corrected chi connectivity index (χ0v) is 19.1. The molecule has 3 rings (SSSR count). The van der Waals surface area contributed by atoms with E-state index in [4.69, 9.17) is 4.74 Å². The Kier molecular flexibility index (Phi) is 8.22. The molecular formula is C24H27N3O6. The second-order valence-corrected chi connectivity index (χ2v) is 6.75. The summed E-state index contributed by atoms with van der Waals surface area (Å²) in [4.78, 5) is 24.8. The number of hydrogen-bond donors (Lipinski definition) is 4. The fourth-order valence-electron chi connectivity index (χ4n) is 3.10. The maximum Gasteiger partial charge on any atom is 0.339 e. The van der Waals surface area contributed by atoms with E-state index in [1.54, 1.807) is 6.07 Å². The average molecular weight is 453 g/mol. The molecule has 9 heteroatoms. The number of phenols is 3. The quantitative estimate of drug-likeness (QED) is 0.201. The molecule has 0 saturated heterocycles. The average Bonchev–Trinajstić information content (AvgIpc) is 3.16. The van der Waals surface area contributed by atoms with Crippen molar-refractivity contribution in [1.29, 1.82) is 0 Å². The molecular weight excluding hydrogens is 426 g/mol. The molecule has 174 valence electrons. The Hall–Kier alpha value is -4.27. The van der Waals surface area contributed by atoms with Gasteiger partial charge in [-0.15, -0.1) is 0 Å². The highest BCUT2D eigenvalue weighted by Gasteiger charge is 2.18. The predicted molar refractivity (Wildman–Crippen MR) is 124 cm³/mol. The Bertz CT molecular complexity index is 1180. The lowest BCUT2D eigenvalue weighted by molar-refractivity contribution is 0.0600. The highest BCUT2D eigenvalue weighted by atomic mass is 16.5. The van der Waals surface area contributed by atoms with Gasteiger partial charge < -0.3 is 24.6 Å². The summed E-state index contributed by atoms with van der Waals surface area (Å²) in [6.45, 7) is 7.76. The lowest BCUT2D eigenvalue weighted by atomic mass is 10.1. The third kappa shape index (κ3) is 5.32. The van der Waals surface area contributed by atoms with Crippen LogP contribution in [-0.2, 0) is 4.74 Å². The molecule has 1 amide bonds. The Morgan fingerprint density at radius 1 is 0.970 bits per heavy atom. The van der Waals surface area contributed by atoms with E-state index < -0.39 is 29.1 Å². The molecule has 0 aliphatic rings. The topological polar surface area (TPSA) is 133 Å². The summed E-state index contributed by atoms with van der Waals surface area (Å²) in [7, 11) is 1.29. The van der Waals surface area contributed by atoms with Crippen molar-refractivity contribution < 1.29 is 29.6 Å². The number of nitrogens with one attached hydrogen (secondary N) is 1. The third-order valence-electron chi connectivity index (χ3n) is 4.71. The number of ether oxygens (including phenoxy) is 1. The molecule has 2 aromatic carbocycles. The van der Waals surface area contributed by atoms with Gasteiger partial charge in [-0.05, 0) is 56.3 Å². The van der Waals surface area contributed by atoms with Gasteiger partial charge in [0.05, 0.1) is 24.6 Å². The van der Waals surface area contributed by atoms with Gasteiger partial charge in [0, 0.05) is 22.5 Å². The number of aromatic nitrogens is 1. The van der Waals surface area contributed by atoms with Gasteiger partial charge in [0.25, 0.3) is 5.91 Å². The molecule has 0 unspecified atom stereocenters. The fourth-order valence-corrected chi connectivity index (χ4v) is 3.10. The number of aromatic hydroxyl groups is 3. The highest BCUT2D eigenvalue weighted by Crippen LogP contribution is 2.36. The van der Waals surface area contributed by atoms with Crippen LogP contribution < -0.4 is 5.43 Å². The van der Waals surface area contributed by atoms with Crippen molar-refractivity contribution in [3.8, 4) is 22.9 Å². The van der Waals surface area contributed by atoms with Crippen LogP contribution in [-0.4, -0.2) is 45.1 Å². The Labute approximate surface area is 191 Å². The van der Waals surface area contributed by atoms with Crippen molar-refractivity contribution in [2.24, 2.45) is 5.10 Å². The molecule has 0 aliphatic heterocycles. The van der Waals surface area contributed by atoms with E-state index in [1.807, 2.05) is 44.4 Å². The van der Waals surface area contributed by atoms with Crippen LogP contribution in [0.2, 0.25) is 0 Å². The molecule has 3 aromatic rings. The van der Waals surface area contributed by atoms with Crippen molar-refractivity contribution in [2.45, 2.75) is 27.7 Å². The zero-order valence-electron chi connectivity index (χ0n) is 19.1. The van der Waals surface area contributed by atoms with Crippen LogP contribution in [0.25, 0.3) is 5.69 Å². The number of amides is 1. The van der Waals surface area contributed by atoms with E-state index in [2.05, 4.69) is 10.5 Å². The summed E-state index contributed by atoms with van der Waals surface area (Å²) in [5, 5.41) is 32.5. The zero-order chi connectivity index (χ0) is 24.7. The highest BCUT2D eigenvalue weighted by molar-refractivity contribution is 5.99. The summed E-state index contributed by atoms with van der Waals surface area (Å²) < 4.78 is 6.70. The largest absolute Gasteiger partial charge is 0.504 e. The molecule has 1 heterocycles. The summed E-state index contributed by atoms with van der Waals surface area (Å²) in [5.74, 6) is -2.82. The first-order valence-electron chi connectivity index (χ1n) is 10.2. The fraction of sp³-hybridized carbons (Fsp3) is 0.208. The molecule has 0 saturated carbocycles. The summed E-state index contributed by atoms with van der Waals surface area (Å²) in [5.41, 5.74) is 5.20. The van der Waals surface area contributed by atoms with Crippen LogP contribution in [0.3, 0.4) is 0 Å². The Balaban J connectivity index is 0.00000187. The van der Waals surface area contributed by atoms with E-state index in [0.29, 0.717) is 11.3 Å². The van der Waals surface area contributed by atoms with Gasteiger partial charge in [0.2, 0.25) is 5.75 Å². The van der Waals surface area contributed by atoms with Crippen molar-refractivity contribution in [2.75, 3.05) is 7.11 Å². The van der Waals surface area contributed by atoms with Crippen molar-refractivity contribution >= 4 is 18.1 Å². The van der Waals surface area contributed by atoms with Gasteiger partial charge in [0.1, 0.15) is 0 Å². The minimum absolute atomic E-state index is 0.0934. The number of aryl methyl sites for hydroxylation is 2. The standard InChI is InChI=1S/C22H21N3O6.C2H6/c1-12-4-5-13(2)25(12)17-10-14(6-8-16(17)22(30)31-3)21(29)24-23-11-15-7-9-18(26)20(28)19(15)27;1-2/h4-11,26-28H,1-3H3,(H,24,29);1-2H3/b23-11+;. The van der Waals surface area contributed by atoms with Crippen LogP contribution >= 0.6 is 0 Å². The minimum Gasteiger partial charge on any atom is -0.504 e. The summed E-state index contributed by atoms with van der Waals surface area (Å²) in [6.07, 6.45) is 1.12. The second kappa shape index (κ2) is 10.9. The van der Waals surface area contributed by atoms with Crippen LogP contribution in [0.15, 0.2) is 47.6 Å². The monoisotopic (exact) mass is 453 g/mol. The molecule has 0 aliphatic carbocycles. The molecule has 0 spiro atoms. The first kappa shape index (κ1) is 25.0. The molecule has 0 bridgehead atoms. The number of methoxy groups -OCH3 is 1. The number of carbonyl (C=O) groups excluding carboxylic acids is 2.